The van der Waals surface area contributed by atoms with Crippen molar-refractivity contribution in [2.45, 2.75) is 24.9 Å². The lowest BCUT2D eigenvalue weighted by Crippen LogP contribution is -2.09. The van der Waals surface area contributed by atoms with Crippen LogP contribution in [-0.2, 0) is 6.18 Å². The minimum absolute atomic E-state index is 0.0794. The third-order valence-electron chi connectivity index (χ3n) is 4.58. The maximum absolute atomic E-state index is 14.7. The van der Waals surface area contributed by atoms with Gasteiger partial charge in [-0.15, -0.1) is 0 Å². The van der Waals surface area contributed by atoms with Gasteiger partial charge in [-0.2, -0.15) is 22.7 Å². The number of hydrogen-bond acceptors (Lipinski definition) is 3. The van der Waals surface area contributed by atoms with Gasteiger partial charge >= 0.3 is 6.18 Å². The van der Waals surface area contributed by atoms with Gasteiger partial charge in [-0.3, -0.25) is 4.40 Å². The maximum atomic E-state index is 14.7. The number of benzene rings is 1. The SMILES string of the molecule is Fc1c(C(F)(F)F)nc2c(-n3ncc4cccc(Cl)c43)cnc(C3CC3)n12. The normalized spacial score (nSPS) is 15.1. The first-order chi connectivity index (χ1) is 12.9. The standard InChI is InChI=1S/C17H10ClF4N5/c18-10-3-1-2-9-6-24-27(12(9)10)11-7-23-15(8-4-5-8)26-14(19)13(17(20,21)22)25-16(11)26/h1-3,6-8H,4-5H2. The van der Waals surface area contributed by atoms with Crippen LogP contribution in [0.4, 0.5) is 17.6 Å². The van der Waals surface area contributed by atoms with E-state index in [0.717, 1.165) is 17.2 Å². The molecule has 0 unspecified atom stereocenters. The monoisotopic (exact) mass is 395 g/mol. The van der Waals surface area contributed by atoms with E-state index in [4.69, 9.17) is 11.6 Å². The minimum Gasteiger partial charge on any atom is -0.254 e. The van der Waals surface area contributed by atoms with Crippen molar-refractivity contribution >= 4 is 28.2 Å². The van der Waals surface area contributed by atoms with Crippen LogP contribution in [0.1, 0.15) is 30.3 Å². The van der Waals surface area contributed by atoms with Crippen molar-refractivity contribution in [2.75, 3.05) is 0 Å². The predicted octanol–water partition coefficient (Wildman–Crippen LogP) is 4.76. The molecule has 0 saturated heterocycles. The molecule has 0 aliphatic heterocycles. The molecule has 1 fully saturated rings. The zero-order valence-electron chi connectivity index (χ0n) is 13.5. The van der Waals surface area contributed by atoms with Crippen molar-refractivity contribution in [3.8, 4) is 5.69 Å². The van der Waals surface area contributed by atoms with Gasteiger partial charge in [0.1, 0.15) is 11.5 Å². The fraction of sp³-hybridized carbons (Fsp3) is 0.235. The Balaban J connectivity index is 1.87. The Labute approximate surface area is 154 Å². The van der Waals surface area contributed by atoms with Gasteiger partial charge in [0.25, 0.3) is 0 Å². The molecule has 0 radical (unpaired) electrons. The molecule has 0 atom stereocenters. The first-order valence-electron chi connectivity index (χ1n) is 8.13. The summed E-state index contributed by atoms with van der Waals surface area (Å²) >= 11 is 6.24. The van der Waals surface area contributed by atoms with E-state index in [1.807, 2.05) is 0 Å². The zero-order chi connectivity index (χ0) is 18.9. The molecule has 3 heterocycles. The number of hydrogen-bond donors (Lipinski definition) is 0. The molecule has 0 N–H and O–H groups in total. The van der Waals surface area contributed by atoms with Crippen molar-refractivity contribution in [3.63, 3.8) is 0 Å². The summed E-state index contributed by atoms with van der Waals surface area (Å²) < 4.78 is 56.6. The van der Waals surface area contributed by atoms with E-state index in [-0.39, 0.29) is 23.1 Å². The number of aromatic nitrogens is 5. The van der Waals surface area contributed by atoms with Gasteiger partial charge in [0.2, 0.25) is 11.6 Å². The number of halogens is 5. The van der Waals surface area contributed by atoms with E-state index < -0.39 is 17.8 Å². The molecule has 1 saturated carbocycles. The fourth-order valence-electron chi connectivity index (χ4n) is 3.20. The molecule has 1 aromatic carbocycles. The summed E-state index contributed by atoms with van der Waals surface area (Å²) in [6, 6.07) is 5.14. The van der Waals surface area contributed by atoms with Crippen LogP contribution in [0.25, 0.3) is 22.2 Å². The highest BCUT2D eigenvalue weighted by Crippen LogP contribution is 2.41. The van der Waals surface area contributed by atoms with Crippen LogP contribution in [0.2, 0.25) is 5.02 Å². The summed E-state index contributed by atoms with van der Waals surface area (Å²) in [5, 5.41) is 5.25. The summed E-state index contributed by atoms with van der Waals surface area (Å²) in [6.07, 6.45) is -0.534. The molecule has 5 rings (SSSR count). The fourth-order valence-corrected chi connectivity index (χ4v) is 3.47. The van der Waals surface area contributed by atoms with Gasteiger partial charge in [-0.25, -0.2) is 14.6 Å². The third-order valence-corrected chi connectivity index (χ3v) is 4.88. The van der Waals surface area contributed by atoms with Crippen LogP contribution in [-0.4, -0.2) is 24.1 Å². The quantitative estimate of drug-likeness (QED) is 0.460. The third kappa shape index (κ3) is 2.41. The summed E-state index contributed by atoms with van der Waals surface area (Å²) in [5.74, 6) is -1.31. The molecular formula is C17H10ClF4N5. The molecule has 10 heteroatoms. The lowest BCUT2D eigenvalue weighted by molar-refractivity contribution is -0.143. The molecule has 0 spiro atoms. The topological polar surface area (TPSA) is 48.0 Å². The van der Waals surface area contributed by atoms with Crippen molar-refractivity contribution in [2.24, 2.45) is 0 Å². The second kappa shape index (κ2) is 5.41. The predicted molar refractivity (Wildman–Crippen MR) is 89.6 cm³/mol. The van der Waals surface area contributed by atoms with Crippen molar-refractivity contribution in [1.82, 2.24) is 24.1 Å². The Morgan fingerprint density at radius 1 is 1.15 bits per heavy atom. The molecule has 27 heavy (non-hydrogen) atoms. The Kier molecular flexibility index (Phi) is 3.31. The molecule has 0 bridgehead atoms. The molecule has 5 nitrogen and oxygen atoms in total. The molecule has 4 aromatic rings. The van der Waals surface area contributed by atoms with Gasteiger partial charge in [0, 0.05) is 11.3 Å². The number of rotatable bonds is 2. The van der Waals surface area contributed by atoms with Crippen LogP contribution >= 0.6 is 11.6 Å². The smallest absolute Gasteiger partial charge is 0.254 e. The Bertz CT molecular complexity index is 1210. The molecule has 1 aliphatic rings. The lowest BCUT2D eigenvalue weighted by atomic mass is 10.2. The Morgan fingerprint density at radius 3 is 2.63 bits per heavy atom. The average molecular weight is 396 g/mol. The average Bonchev–Trinajstić information content (AvgIpc) is 3.26. The van der Waals surface area contributed by atoms with Crippen LogP contribution in [0.5, 0.6) is 0 Å². The van der Waals surface area contributed by atoms with Gasteiger partial charge in [-0.1, -0.05) is 23.7 Å². The number of nitrogens with zero attached hydrogens (tertiary/aromatic N) is 5. The Morgan fingerprint density at radius 2 is 1.93 bits per heavy atom. The molecule has 0 amide bonds. The number of imidazole rings is 1. The Hall–Kier alpha value is -2.68. The van der Waals surface area contributed by atoms with Gasteiger partial charge in [-0.05, 0) is 18.9 Å². The van der Waals surface area contributed by atoms with E-state index in [1.165, 1.54) is 17.1 Å². The van der Waals surface area contributed by atoms with Gasteiger partial charge < -0.3 is 0 Å². The highest BCUT2D eigenvalue weighted by molar-refractivity contribution is 6.35. The summed E-state index contributed by atoms with van der Waals surface area (Å²) in [7, 11) is 0. The van der Waals surface area contributed by atoms with E-state index >= 15 is 0 Å². The number of alkyl halides is 3. The van der Waals surface area contributed by atoms with E-state index in [0.29, 0.717) is 15.9 Å². The highest BCUT2D eigenvalue weighted by atomic mass is 35.5. The lowest BCUT2D eigenvalue weighted by Gasteiger charge is -2.09. The molecule has 1 aliphatic carbocycles. The van der Waals surface area contributed by atoms with Crippen LogP contribution in [0.3, 0.4) is 0 Å². The zero-order valence-corrected chi connectivity index (χ0v) is 14.3. The summed E-state index contributed by atoms with van der Waals surface area (Å²) in [5.41, 5.74) is -1.15. The molecular weight excluding hydrogens is 386 g/mol. The van der Waals surface area contributed by atoms with E-state index in [2.05, 4.69) is 15.1 Å². The molecule has 3 aromatic heterocycles. The van der Waals surface area contributed by atoms with Crippen molar-refractivity contribution < 1.29 is 17.6 Å². The van der Waals surface area contributed by atoms with Crippen LogP contribution in [0.15, 0.2) is 30.6 Å². The summed E-state index contributed by atoms with van der Waals surface area (Å²) in [6.45, 7) is 0. The van der Waals surface area contributed by atoms with Crippen molar-refractivity contribution in [1.29, 1.82) is 0 Å². The maximum Gasteiger partial charge on any atom is 0.437 e. The van der Waals surface area contributed by atoms with Crippen LogP contribution < -0.4 is 0 Å². The first kappa shape index (κ1) is 16.5. The second-order valence-electron chi connectivity index (χ2n) is 6.42. The number of fused-ring (bicyclic) bond motifs is 2. The molecule has 138 valence electrons. The van der Waals surface area contributed by atoms with Gasteiger partial charge in [0.05, 0.1) is 22.9 Å². The van der Waals surface area contributed by atoms with E-state index in [1.54, 1.807) is 18.2 Å². The van der Waals surface area contributed by atoms with Gasteiger partial charge in [0.15, 0.2) is 5.65 Å². The highest BCUT2D eigenvalue weighted by Gasteiger charge is 2.41. The van der Waals surface area contributed by atoms with Crippen molar-refractivity contribution in [3.05, 3.63) is 53.1 Å². The second-order valence-corrected chi connectivity index (χ2v) is 6.83. The van der Waals surface area contributed by atoms with E-state index in [9.17, 15) is 17.6 Å². The van der Waals surface area contributed by atoms with Crippen LogP contribution in [0, 0.1) is 5.95 Å². The number of para-hydroxylation sites is 1. The largest absolute Gasteiger partial charge is 0.437 e. The summed E-state index contributed by atoms with van der Waals surface area (Å²) in [4.78, 5) is 7.80. The minimum atomic E-state index is -4.92. The first-order valence-corrected chi connectivity index (χ1v) is 8.50.